The Hall–Kier alpha value is -3.55. The van der Waals surface area contributed by atoms with Crippen LogP contribution in [0.2, 0.25) is 0 Å². The number of esters is 1. The molecule has 8 nitrogen and oxygen atoms in total. The fourth-order valence-corrected chi connectivity index (χ4v) is 2.92. The van der Waals surface area contributed by atoms with Crippen LogP contribution in [0.1, 0.15) is 12.5 Å². The number of nitrogens with zero attached hydrogens (tertiary/aromatic N) is 1. The molecule has 1 aliphatic heterocycles. The van der Waals surface area contributed by atoms with Crippen molar-refractivity contribution < 1.29 is 28.6 Å². The van der Waals surface area contributed by atoms with Crippen LogP contribution < -0.4 is 14.8 Å². The van der Waals surface area contributed by atoms with E-state index in [-0.39, 0.29) is 19.1 Å². The molecule has 0 saturated heterocycles. The van der Waals surface area contributed by atoms with Gasteiger partial charge in [0.25, 0.3) is 5.91 Å². The number of ether oxygens (including phenoxy) is 3. The highest BCUT2D eigenvalue weighted by molar-refractivity contribution is 5.95. The van der Waals surface area contributed by atoms with E-state index in [9.17, 15) is 14.4 Å². The number of nitrogens with one attached hydrogen (secondary N) is 1. The number of hydrogen-bond donors (Lipinski definition) is 1. The number of carbonyl (C=O) groups is 3. The van der Waals surface area contributed by atoms with Gasteiger partial charge in [-0.2, -0.15) is 0 Å². The second-order valence-corrected chi connectivity index (χ2v) is 6.78. The molecule has 2 amide bonds. The molecule has 0 spiro atoms. The molecule has 2 aromatic carbocycles. The maximum Gasteiger partial charge on any atom is 0.351 e. The smallest absolute Gasteiger partial charge is 0.351 e. The zero-order valence-electron chi connectivity index (χ0n) is 16.9. The van der Waals surface area contributed by atoms with Gasteiger partial charge in [0.05, 0.1) is 6.54 Å². The number of amides is 2. The molecule has 1 aliphatic rings. The molecule has 30 heavy (non-hydrogen) atoms. The highest BCUT2D eigenvalue weighted by Gasteiger charge is 2.29. The molecule has 2 aromatic rings. The number of carbonyl (C=O) groups excluding carboxylic acids is 3. The molecule has 1 N–H and O–H groups in total. The summed E-state index contributed by atoms with van der Waals surface area (Å²) >= 11 is 0. The molecular weight excluding hydrogens is 388 g/mol. The van der Waals surface area contributed by atoms with E-state index in [1.165, 1.54) is 11.9 Å². The van der Waals surface area contributed by atoms with Crippen LogP contribution in [0.25, 0.3) is 0 Å². The van der Waals surface area contributed by atoms with Gasteiger partial charge in [0.15, 0.2) is 18.1 Å². The van der Waals surface area contributed by atoms with Crippen LogP contribution >= 0.6 is 0 Å². The van der Waals surface area contributed by atoms with Gasteiger partial charge in [-0.3, -0.25) is 9.59 Å². The van der Waals surface area contributed by atoms with E-state index < -0.39 is 24.6 Å². The molecule has 0 bridgehead atoms. The molecule has 0 fully saturated rings. The van der Waals surface area contributed by atoms with E-state index in [1.807, 2.05) is 31.2 Å². The lowest BCUT2D eigenvalue weighted by Gasteiger charge is -2.25. The minimum Gasteiger partial charge on any atom is -0.485 e. The van der Waals surface area contributed by atoms with Gasteiger partial charge in [-0.05, 0) is 30.2 Å². The van der Waals surface area contributed by atoms with Crippen LogP contribution in [-0.2, 0) is 25.5 Å². The quantitative estimate of drug-likeness (QED) is 0.700. The normalized spacial score (nSPS) is 14.5. The van der Waals surface area contributed by atoms with Gasteiger partial charge in [0.2, 0.25) is 12.0 Å². The van der Waals surface area contributed by atoms with E-state index in [1.54, 1.807) is 24.3 Å². The summed E-state index contributed by atoms with van der Waals surface area (Å²) in [6.07, 6.45) is -0.176. The molecule has 0 aliphatic carbocycles. The van der Waals surface area contributed by atoms with Gasteiger partial charge in [-0.15, -0.1) is 0 Å². The predicted octanol–water partition coefficient (Wildman–Crippen LogP) is 2.03. The van der Waals surface area contributed by atoms with Crippen LogP contribution in [0, 0.1) is 0 Å². The highest BCUT2D eigenvalue weighted by atomic mass is 16.6. The molecule has 3 rings (SSSR count). The lowest BCUT2D eigenvalue weighted by Crippen LogP contribution is -2.41. The highest BCUT2D eigenvalue weighted by Crippen LogP contribution is 2.31. The number of hydrogen-bond acceptors (Lipinski definition) is 6. The third-order valence-corrected chi connectivity index (χ3v) is 4.59. The number of para-hydroxylation sites is 3. The first-order chi connectivity index (χ1) is 14.5. The summed E-state index contributed by atoms with van der Waals surface area (Å²) in [6, 6.07) is 14.5. The first-order valence-electron chi connectivity index (χ1n) is 9.64. The number of benzene rings is 2. The third kappa shape index (κ3) is 5.28. The summed E-state index contributed by atoms with van der Waals surface area (Å²) in [7, 11) is 1.47. The number of anilines is 1. The van der Waals surface area contributed by atoms with E-state index in [2.05, 4.69) is 5.32 Å². The van der Waals surface area contributed by atoms with Crippen molar-refractivity contribution in [1.29, 1.82) is 0 Å². The number of fused-ring (bicyclic) bond motifs is 1. The van der Waals surface area contributed by atoms with Crippen LogP contribution in [0.15, 0.2) is 48.5 Å². The second kappa shape index (κ2) is 9.78. The van der Waals surface area contributed by atoms with Crippen molar-refractivity contribution in [2.24, 2.45) is 0 Å². The molecule has 8 heteroatoms. The first-order valence-corrected chi connectivity index (χ1v) is 9.64. The summed E-state index contributed by atoms with van der Waals surface area (Å²) in [5.74, 6) is -0.545. The summed E-state index contributed by atoms with van der Waals surface area (Å²) < 4.78 is 16.1. The first kappa shape index (κ1) is 21.2. The Bertz CT molecular complexity index is 929. The Morgan fingerprint density at radius 2 is 1.80 bits per heavy atom. The maximum absolute atomic E-state index is 12.2. The van der Waals surface area contributed by atoms with E-state index in [0.717, 1.165) is 12.0 Å². The van der Waals surface area contributed by atoms with Gasteiger partial charge >= 0.3 is 5.97 Å². The van der Waals surface area contributed by atoms with E-state index in [4.69, 9.17) is 14.2 Å². The molecule has 158 valence electrons. The number of rotatable bonds is 7. The molecule has 1 heterocycles. The van der Waals surface area contributed by atoms with Crippen molar-refractivity contribution in [2.45, 2.75) is 19.4 Å². The Morgan fingerprint density at radius 1 is 1.10 bits per heavy atom. The number of likely N-dealkylation sites (N-methyl/N-ethyl adjacent to an activating group) is 1. The summed E-state index contributed by atoms with van der Waals surface area (Å²) in [4.78, 5) is 37.9. The monoisotopic (exact) mass is 412 g/mol. The molecular formula is C22H24N2O6. The fourth-order valence-electron chi connectivity index (χ4n) is 2.92. The molecule has 1 atom stereocenters. The second-order valence-electron chi connectivity index (χ2n) is 6.78. The third-order valence-electron chi connectivity index (χ3n) is 4.59. The molecule has 0 saturated carbocycles. The van der Waals surface area contributed by atoms with Crippen molar-refractivity contribution >= 4 is 23.5 Å². The average Bonchev–Trinajstić information content (AvgIpc) is 2.77. The summed E-state index contributed by atoms with van der Waals surface area (Å²) in [6.45, 7) is 1.34. The summed E-state index contributed by atoms with van der Waals surface area (Å²) in [5, 5.41) is 2.80. The van der Waals surface area contributed by atoms with Crippen molar-refractivity contribution in [3.63, 3.8) is 0 Å². The largest absolute Gasteiger partial charge is 0.485 e. The number of aryl methyl sites for hydroxylation is 1. The van der Waals surface area contributed by atoms with Gasteiger partial charge in [-0.1, -0.05) is 37.3 Å². The maximum atomic E-state index is 12.2. The Morgan fingerprint density at radius 3 is 2.57 bits per heavy atom. The Balaban J connectivity index is 1.45. The lowest BCUT2D eigenvalue weighted by atomic mass is 10.1. The van der Waals surface area contributed by atoms with Crippen LogP contribution in [-0.4, -0.2) is 55.6 Å². The van der Waals surface area contributed by atoms with E-state index >= 15 is 0 Å². The van der Waals surface area contributed by atoms with E-state index in [0.29, 0.717) is 17.2 Å². The zero-order chi connectivity index (χ0) is 21.5. The SMILES string of the molecule is CCc1ccccc1NC(=O)CN(C)C(=O)COC(=O)[C@H]1COc2ccccc2O1. The average molecular weight is 412 g/mol. The minimum atomic E-state index is -0.952. The van der Waals surface area contributed by atoms with Gasteiger partial charge in [0.1, 0.15) is 6.61 Å². The topological polar surface area (TPSA) is 94.2 Å². The van der Waals surface area contributed by atoms with Gasteiger partial charge in [0, 0.05) is 12.7 Å². The predicted molar refractivity (Wildman–Crippen MR) is 109 cm³/mol. The van der Waals surface area contributed by atoms with Crippen molar-refractivity contribution in [3.8, 4) is 11.5 Å². The lowest BCUT2D eigenvalue weighted by molar-refractivity contribution is -0.159. The van der Waals surface area contributed by atoms with Crippen molar-refractivity contribution in [2.75, 3.05) is 32.1 Å². The van der Waals surface area contributed by atoms with Crippen LogP contribution in [0.4, 0.5) is 5.69 Å². The minimum absolute atomic E-state index is 0.000873. The van der Waals surface area contributed by atoms with Gasteiger partial charge < -0.3 is 24.4 Å². The van der Waals surface area contributed by atoms with Gasteiger partial charge in [-0.25, -0.2) is 4.79 Å². The fraction of sp³-hybridized carbons (Fsp3) is 0.318. The summed E-state index contributed by atoms with van der Waals surface area (Å²) in [5.41, 5.74) is 1.72. The van der Waals surface area contributed by atoms with Crippen LogP contribution in [0.3, 0.4) is 0 Å². The standard InChI is InChI=1S/C22H24N2O6/c1-3-15-8-4-5-9-16(15)23-20(25)12-24(2)21(26)14-29-22(27)19-13-28-17-10-6-7-11-18(17)30-19/h4-11,19H,3,12-14H2,1-2H3,(H,23,25)/t19-/m1/s1. The molecule has 0 unspecified atom stereocenters. The Labute approximate surface area is 174 Å². The zero-order valence-corrected chi connectivity index (χ0v) is 16.9. The van der Waals surface area contributed by atoms with Crippen LogP contribution in [0.5, 0.6) is 11.5 Å². The van der Waals surface area contributed by atoms with Crippen molar-refractivity contribution in [1.82, 2.24) is 4.90 Å². The molecule has 0 aromatic heterocycles. The molecule has 0 radical (unpaired) electrons. The Kier molecular flexibility index (Phi) is 6.90. The van der Waals surface area contributed by atoms with Crippen molar-refractivity contribution in [3.05, 3.63) is 54.1 Å².